The van der Waals surface area contributed by atoms with E-state index in [0.717, 1.165) is 6.42 Å². The molecule has 10 rings (SSSR count). The monoisotopic (exact) mass is 965 g/mol. The minimum atomic E-state index is 0.239. The molecule has 0 saturated heterocycles. The Morgan fingerprint density at radius 3 is 0.397 bits per heavy atom. The fourth-order valence-electron chi connectivity index (χ4n) is 5.69. The van der Waals surface area contributed by atoms with Crippen LogP contribution in [0.5, 0.6) is 0 Å². The van der Waals surface area contributed by atoms with Crippen molar-refractivity contribution in [3.05, 3.63) is 358 Å². The first-order valence-electron chi connectivity index (χ1n) is 25.2. The van der Waals surface area contributed by atoms with Crippen LogP contribution >= 0.6 is 0 Å². The molecule has 1 N–H and O–H groups in total. The number of aliphatic hydroxyl groups excluding tert-OH is 1. The van der Waals surface area contributed by atoms with Gasteiger partial charge in [0, 0.05) is 6.61 Å². The molecule has 0 atom stereocenters. The molecular weight excluding hydrogens is 881 g/mol. The van der Waals surface area contributed by atoms with Crippen LogP contribution < -0.4 is 0 Å². The number of benzene rings is 10. The molecule has 0 fully saturated rings. The van der Waals surface area contributed by atoms with Gasteiger partial charge < -0.3 is 5.11 Å². The summed E-state index contributed by atoms with van der Waals surface area (Å²) in [6, 6.07) is 101. The Labute approximate surface area is 443 Å². The molecule has 0 unspecified atom stereocenters. The normalized spacial score (nSPS) is 8.86. The Balaban J connectivity index is 0.000000406. The van der Waals surface area contributed by atoms with Gasteiger partial charge in [0.05, 0.1) is 0 Å². The molecule has 0 aromatic heterocycles. The second kappa shape index (κ2) is 44.1. The largest absolute Gasteiger partial charge is 0.396 e. The maximum Gasteiger partial charge on any atom is 0.0471 e. The van der Waals surface area contributed by atoms with Crippen molar-refractivity contribution in [2.45, 2.75) is 75.7 Å². The van der Waals surface area contributed by atoms with Gasteiger partial charge in [-0.05, 0) is 81.2 Å². The predicted octanol–water partition coefficient (Wildman–Crippen LogP) is 19.5. The molecule has 0 bridgehead atoms. The van der Waals surface area contributed by atoms with Crippen LogP contribution in [0.15, 0.2) is 297 Å². The van der Waals surface area contributed by atoms with Crippen LogP contribution in [0, 0.1) is 69.2 Å². The highest BCUT2D eigenvalue weighted by molar-refractivity contribution is 5.22. The maximum absolute atomic E-state index is 8.59. The molecule has 0 amide bonds. The smallest absolute Gasteiger partial charge is 0.0471 e. The van der Waals surface area contributed by atoms with Crippen LogP contribution in [0.1, 0.15) is 61.2 Å². The number of rotatable bonds is 2. The summed E-state index contributed by atoms with van der Waals surface area (Å²) in [5.74, 6) is 0. The zero-order valence-electron chi connectivity index (χ0n) is 45.7. The first-order chi connectivity index (χ1) is 35.4. The van der Waals surface area contributed by atoms with Crippen molar-refractivity contribution in [2.24, 2.45) is 0 Å². The van der Waals surface area contributed by atoms with Crippen molar-refractivity contribution < 1.29 is 5.11 Å². The number of hydrogen-bond donors (Lipinski definition) is 1. The van der Waals surface area contributed by atoms with Crippen molar-refractivity contribution in [1.29, 1.82) is 0 Å². The van der Waals surface area contributed by atoms with Gasteiger partial charge in [0.1, 0.15) is 0 Å². The van der Waals surface area contributed by atoms with Gasteiger partial charge in [-0.1, -0.05) is 353 Å². The van der Waals surface area contributed by atoms with Crippen molar-refractivity contribution >= 4 is 0 Å². The second-order valence-electron chi connectivity index (χ2n) is 17.4. The highest BCUT2D eigenvalue weighted by Gasteiger charge is 1.89. The van der Waals surface area contributed by atoms with E-state index in [2.05, 4.69) is 191 Å². The summed E-state index contributed by atoms with van der Waals surface area (Å²) in [5, 5.41) is 8.59. The van der Waals surface area contributed by atoms with Gasteiger partial charge in [-0.25, -0.2) is 0 Å². The fraction of sp³-hybridized carbons (Fsp3) is 0.167. The molecule has 10 aromatic rings. The van der Waals surface area contributed by atoms with Crippen LogP contribution in [0.3, 0.4) is 0 Å². The van der Waals surface area contributed by atoms with E-state index < -0.39 is 0 Å². The van der Waals surface area contributed by atoms with E-state index in [-0.39, 0.29) is 6.61 Å². The van der Waals surface area contributed by atoms with Crippen LogP contribution in [0.25, 0.3) is 0 Å². The third-order valence-electron chi connectivity index (χ3n) is 9.99. The van der Waals surface area contributed by atoms with E-state index in [0.29, 0.717) is 0 Å². The van der Waals surface area contributed by atoms with Crippen LogP contribution in [0.2, 0.25) is 0 Å². The summed E-state index contributed by atoms with van der Waals surface area (Å²) in [7, 11) is 0. The van der Waals surface area contributed by atoms with Crippen LogP contribution in [0.4, 0.5) is 0 Å². The summed E-state index contributed by atoms with van der Waals surface area (Å²) in [5.41, 5.74) is 14.4. The molecule has 1 heteroatoms. The van der Waals surface area contributed by atoms with E-state index in [1.54, 1.807) is 0 Å². The Morgan fingerprint density at radius 1 is 0.178 bits per heavy atom. The Kier molecular flexibility index (Phi) is 38.2. The molecule has 0 spiro atoms. The van der Waals surface area contributed by atoms with Crippen LogP contribution in [-0.4, -0.2) is 11.7 Å². The number of aliphatic hydroxyl groups is 1. The van der Waals surface area contributed by atoms with Crippen molar-refractivity contribution in [1.82, 2.24) is 0 Å². The average Bonchev–Trinajstić information content (AvgIpc) is 3.41. The molecule has 0 saturated carbocycles. The van der Waals surface area contributed by atoms with Gasteiger partial charge in [0.15, 0.2) is 0 Å². The summed E-state index contributed by atoms with van der Waals surface area (Å²) in [6.07, 6.45) is 0.764. The molecule has 0 aliphatic rings. The van der Waals surface area contributed by atoms with Gasteiger partial charge in [0.2, 0.25) is 0 Å². The van der Waals surface area contributed by atoms with E-state index in [9.17, 15) is 0 Å². The summed E-state index contributed by atoms with van der Waals surface area (Å²) >= 11 is 0. The molecule has 73 heavy (non-hydrogen) atoms. The lowest BCUT2D eigenvalue weighted by atomic mass is 10.1. The van der Waals surface area contributed by atoms with E-state index in [1.165, 1.54) is 61.2 Å². The van der Waals surface area contributed by atoms with Crippen molar-refractivity contribution in [3.63, 3.8) is 0 Å². The Bertz CT molecular complexity index is 2100. The predicted molar refractivity (Wildman–Crippen MR) is 323 cm³/mol. The standard InChI is InChI=1S/C9H12O.9C7H8/c1-8-2-4-9(5-3-8)6-7-10;9*1-7-5-3-2-4-6-7/h2-5,10H,6-7H2,1H3;9*2-6H,1H3. The minimum Gasteiger partial charge on any atom is -0.396 e. The molecule has 378 valence electrons. The second-order valence-corrected chi connectivity index (χ2v) is 17.4. The summed E-state index contributed by atoms with van der Waals surface area (Å²) in [6.45, 7) is 21.0. The molecule has 10 aromatic carbocycles. The lowest BCUT2D eigenvalue weighted by Gasteiger charge is -1.96. The maximum atomic E-state index is 8.59. The first kappa shape index (κ1) is 63.2. The Morgan fingerprint density at radius 2 is 0.301 bits per heavy atom. The first-order valence-corrected chi connectivity index (χ1v) is 25.2. The Hall–Kier alpha value is -7.84. The van der Waals surface area contributed by atoms with E-state index in [1.807, 2.05) is 176 Å². The molecule has 0 aliphatic heterocycles. The van der Waals surface area contributed by atoms with Gasteiger partial charge >= 0.3 is 0 Å². The molecule has 0 radical (unpaired) electrons. The van der Waals surface area contributed by atoms with Crippen molar-refractivity contribution in [2.75, 3.05) is 6.61 Å². The molecule has 0 heterocycles. The quantitative estimate of drug-likeness (QED) is 0.183. The number of aryl methyl sites for hydroxylation is 10. The third kappa shape index (κ3) is 41.6. The lowest BCUT2D eigenvalue weighted by Crippen LogP contribution is -1.89. The number of hydrogen-bond acceptors (Lipinski definition) is 1. The van der Waals surface area contributed by atoms with Gasteiger partial charge in [0.25, 0.3) is 0 Å². The van der Waals surface area contributed by atoms with Crippen LogP contribution in [-0.2, 0) is 6.42 Å². The third-order valence-corrected chi connectivity index (χ3v) is 9.99. The van der Waals surface area contributed by atoms with E-state index >= 15 is 0 Å². The lowest BCUT2D eigenvalue weighted by molar-refractivity contribution is 0.299. The van der Waals surface area contributed by atoms with E-state index in [4.69, 9.17) is 5.11 Å². The molecule has 1 nitrogen and oxygen atoms in total. The van der Waals surface area contributed by atoms with Gasteiger partial charge in [-0.2, -0.15) is 0 Å². The highest BCUT2D eigenvalue weighted by atomic mass is 16.2. The highest BCUT2D eigenvalue weighted by Crippen LogP contribution is 2.03. The minimum absolute atomic E-state index is 0.239. The van der Waals surface area contributed by atoms with Gasteiger partial charge in [-0.3, -0.25) is 0 Å². The fourth-order valence-corrected chi connectivity index (χ4v) is 5.69. The average molecular weight is 965 g/mol. The summed E-state index contributed by atoms with van der Waals surface area (Å²) < 4.78 is 0. The topological polar surface area (TPSA) is 20.2 Å². The zero-order valence-corrected chi connectivity index (χ0v) is 45.7. The van der Waals surface area contributed by atoms with Gasteiger partial charge in [-0.15, -0.1) is 0 Å². The van der Waals surface area contributed by atoms with Crippen molar-refractivity contribution in [3.8, 4) is 0 Å². The molecule has 0 aliphatic carbocycles. The SMILES string of the molecule is Cc1ccc(CCO)cc1.Cc1ccccc1.Cc1ccccc1.Cc1ccccc1.Cc1ccccc1.Cc1ccccc1.Cc1ccccc1.Cc1ccccc1.Cc1ccccc1.Cc1ccccc1. The summed E-state index contributed by atoms with van der Waals surface area (Å²) in [4.78, 5) is 0. The molecular formula is C72H84O. The zero-order chi connectivity index (χ0) is 53.4.